The molecule has 1 aromatic heterocycles. The van der Waals surface area contributed by atoms with Gasteiger partial charge >= 0.3 is 0 Å². The third-order valence-corrected chi connectivity index (χ3v) is 9.88. The zero-order valence-corrected chi connectivity index (χ0v) is 25.5. The van der Waals surface area contributed by atoms with Gasteiger partial charge in [-0.05, 0) is 86.2 Å². The molecule has 0 radical (unpaired) electrons. The third kappa shape index (κ3) is 5.90. The van der Waals surface area contributed by atoms with E-state index in [1.54, 1.807) is 12.1 Å². The van der Waals surface area contributed by atoms with Crippen molar-refractivity contribution in [2.24, 2.45) is 5.41 Å². The van der Waals surface area contributed by atoms with Crippen molar-refractivity contribution >= 4 is 22.6 Å². The average Bonchev–Trinajstić information content (AvgIpc) is 3.61. The molecule has 2 fully saturated rings. The van der Waals surface area contributed by atoms with Crippen LogP contribution in [-0.2, 0) is 23.4 Å². The summed E-state index contributed by atoms with van der Waals surface area (Å²) in [5.74, 6) is 0.608. The highest BCUT2D eigenvalue weighted by molar-refractivity contribution is 6.00. The number of amides is 1. The molecular formula is C38H39FN4O2. The molecule has 1 amide bonds. The van der Waals surface area contributed by atoms with Crippen molar-refractivity contribution in [2.75, 3.05) is 31.1 Å². The molecule has 0 saturated carbocycles. The number of aliphatic hydroxyl groups is 1. The Hall–Kier alpha value is -4.33. The van der Waals surface area contributed by atoms with Crippen molar-refractivity contribution in [2.45, 2.75) is 44.2 Å². The fraction of sp³-hybridized carbons (Fsp3) is 0.316. The summed E-state index contributed by atoms with van der Waals surface area (Å²) in [5, 5.41) is 12.1. The normalized spacial score (nSPS) is 20.2. The highest BCUT2D eigenvalue weighted by Gasteiger charge is 2.47. The van der Waals surface area contributed by atoms with Gasteiger partial charge in [0.2, 0.25) is 5.91 Å². The average molecular weight is 603 g/mol. The number of anilines is 1. The molecule has 2 aliphatic rings. The lowest BCUT2D eigenvalue weighted by atomic mass is 9.77. The molecule has 2 saturated heterocycles. The first-order valence-electron chi connectivity index (χ1n) is 16.0. The van der Waals surface area contributed by atoms with Gasteiger partial charge in [-0.15, -0.1) is 0 Å². The van der Waals surface area contributed by atoms with Gasteiger partial charge in [0.15, 0.2) is 0 Å². The lowest BCUT2D eigenvalue weighted by molar-refractivity contribution is -0.126. The second kappa shape index (κ2) is 12.2. The second-order valence-corrected chi connectivity index (χ2v) is 12.7. The summed E-state index contributed by atoms with van der Waals surface area (Å²) in [7, 11) is 0. The minimum atomic E-state index is -1.08. The Balaban J connectivity index is 1.08. The maximum absolute atomic E-state index is 14.1. The van der Waals surface area contributed by atoms with Crippen LogP contribution in [0, 0.1) is 11.2 Å². The molecule has 1 unspecified atom stereocenters. The van der Waals surface area contributed by atoms with Gasteiger partial charge in [-0.1, -0.05) is 72.8 Å². The van der Waals surface area contributed by atoms with E-state index in [4.69, 9.17) is 4.98 Å². The predicted molar refractivity (Wildman–Crippen MR) is 175 cm³/mol. The topological polar surface area (TPSA) is 61.6 Å². The maximum Gasteiger partial charge on any atom is 0.233 e. The van der Waals surface area contributed by atoms with E-state index in [1.165, 1.54) is 17.7 Å². The van der Waals surface area contributed by atoms with E-state index < -0.39 is 11.0 Å². The fourth-order valence-corrected chi connectivity index (χ4v) is 7.25. The summed E-state index contributed by atoms with van der Waals surface area (Å²) in [6.45, 7) is 3.45. The maximum atomic E-state index is 14.1. The van der Waals surface area contributed by atoms with Crippen LogP contribution in [0.5, 0.6) is 0 Å². The number of rotatable bonds is 9. The number of benzene rings is 4. The van der Waals surface area contributed by atoms with E-state index in [0.29, 0.717) is 38.3 Å². The van der Waals surface area contributed by atoms with Gasteiger partial charge in [0.25, 0.3) is 0 Å². The first kappa shape index (κ1) is 29.4. The molecule has 2 aliphatic heterocycles. The molecule has 7 heteroatoms. The van der Waals surface area contributed by atoms with Crippen molar-refractivity contribution in [3.8, 4) is 0 Å². The first-order valence-corrected chi connectivity index (χ1v) is 16.0. The number of hydrogen-bond donors (Lipinski definition) is 1. The number of halogens is 1. The molecule has 1 N–H and O–H groups in total. The standard InChI is InChI=1S/C38H39FN4O2/c39-31-17-15-30(16-18-31)28-43-34-14-8-7-13-33(34)40-35(43)38(45)21-24-41(25-22-38)23-19-37(27-29-9-3-1-4-10-29)20-26-42(36(37)44)32-11-5-2-6-12-32/h1-18,45H,19-28H2. The molecule has 0 bridgehead atoms. The number of aromatic nitrogens is 2. The van der Waals surface area contributed by atoms with Gasteiger partial charge in [0.05, 0.1) is 16.4 Å². The molecule has 45 heavy (non-hydrogen) atoms. The molecule has 4 aromatic carbocycles. The molecule has 5 aromatic rings. The van der Waals surface area contributed by atoms with Gasteiger partial charge in [0, 0.05) is 31.9 Å². The molecule has 1 atom stereocenters. The number of fused-ring (bicyclic) bond motifs is 1. The summed E-state index contributed by atoms with van der Waals surface area (Å²) in [6, 6.07) is 34.8. The molecule has 3 heterocycles. The number of imidazole rings is 1. The van der Waals surface area contributed by atoms with Crippen molar-refractivity contribution in [1.29, 1.82) is 0 Å². The van der Waals surface area contributed by atoms with Crippen LogP contribution in [0.4, 0.5) is 10.1 Å². The van der Waals surface area contributed by atoms with Crippen LogP contribution in [0.1, 0.15) is 42.6 Å². The lowest BCUT2D eigenvalue weighted by Gasteiger charge is -2.39. The molecule has 0 aliphatic carbocycles. The Morgan fingerprint density at radius 1 is 0.756 bits per heavy atom. The molecule has 7 rings (SSSR count). The minimum absolute atomic E-state index is 0.209. The molecule has 0 spiro atoms. The summed E-state index contributed by atoms with van der Waals surface area (Å²) in [4.78, 5) is 23.4. The van der Waals surface area contributed by atoms with Crippen LogP contribution >= 0.6 is 0 Å². The predicted octanol–water partition coefficient (Wildman–Crippen LogP) is 6.56. The highest BCUT2D eigenvalue weighted by atomic mass is 19.1. The van der Waals surface area contributed by atoms with Crippen LogP contribution in [0.25, 0.3) is 11.0 Å². The van der Waals surface area contributed by atoms with Crippen LogP contribution in [0.2, 0.25) is 0 Å². The van der Waals surface area contributed by atoms with Crippen LogP contribution in [0.3, 0.4) is 0 Å². The number of nitrogens with zero attached hydrogens (tertiary/aromatic N) is 4. The Labute approximate surface area is 263 Å². The van der Waals surface area contributed by atoms with E-state index >= 15 is 0 Å². The monoisotopic (exact) mass is 602 g/mol. The van der Waals surface area contributed by atoms with Crippen molar-refractivity contribution in [3.05, 3.63) is 132 Å². The number of hydrogen-bond acceptors (Lipinski definition) is 4. The fourth-order valence-electron chi connectivity index (χ4n) is 7.25. The third-order valence-electron chi connectivity index (χ3n) is 9.88. The molecular weight excluding hydrogens is 563 g/mol. The largest absolute Gasteiger partial charge is 0.382 e. The van der Waals surface area contributed by atoms with E-state index in [1.807, 2.05) is 77.7 Å². The SMILES string of the molecule is O=C1N(c2ccccc2)CCC1(CCN1CCC(O)(c2nc3ccccc3n2Cc2ccc(F)cc2)CC1)Cc1ccccc1. The molecule has 6 nitrogen and oxygen atoms in total. The smallest absolute Gasteiger partial charge is 0.233 e. The van der Waals surface area contributed by atoms with Crippen LogP contribution in [-0.4, -0.2) is 51.6 Å². The highest BCUT2D eigenvalue weighted by Crippen LogP contribution is 2.42. The number of carbonyl (C=O) groups excluding carboxylic acids is 1. The Morgan fingerprint density at radius 3 is 2.16 bits per heavy atom. The van der Waals surface area contributed by atoms with Gasteiger partial charge in [-0.25, -0.2) is 9.37 Å². The Morgan fingerprint density at radius 2 is 1.42 bits per heavy atom. The van der Waals surface area contributed by atoms with Crippen molar-refractivity contribution < 1.29 is 14.3 Å². The van der Waals surface area contributed by atoms with Gasteiger partial charge in [0.1, 0.15) is 17.2 Å². The van der Waals surface area contributed by atoms with Crippen LogP contribution < -0.4 is 4.90 Å². The summed E-state index contributed by atoms with van der Waals surface area (Å²) < 4.78 is 15.7. The summed E-state index contributed by atoms with van der Waals surface area (Å²) in [6.07, 6.45) is 3.42. The van der Waals surface area contributed by atoms with Crippen molar-refractivity contribution in [3.63, 3.8) is 0 Å². The Bertz CT molecular complexity index is 1760. The second-order valence-electron chi connectivity index (χ2n) is 12.7. The van der Waals surface area contributed by atoms with E-state index in [2.05, 4.69) is 21.6 Å². The number of likely N-dealkylation sites (tertiary alicyclic amines) is 1. The first-order chi connectivity index (χ1) is 21.9. The number of piperidine rings is 1. The zero-order valence-electron chi connectivity index (χ0n) is 25.5. The minimum Gasteiger partial charge on any atom is -0.382 e. The van der Waals surface area contributed by atoms with Crippen molar-refractivity contribution in [1.82, 2.24) is 14.5 Å². The lowest BCUT2D eigenvalue weighted by Crippen LogP contribution is -2.46. The van der Waals surface area contributed by atoms with Gasteiger partial charge in [-0.2, -0.15) is 0 Å². The summed E-state index contributed by atoms with van der Waals surface area (Å²) >= 11 is 0. The quantitative estimate of drug-likeness (QED) is 0.208. The van der Waals surface area contributed by atoms with E-state index in [0.717, 1.165) is 54.6 Å². The van der Waals surface area contributed by atoms with E-state index in [9.17, 15) is 14.3 Å². The summed E-state index contributed by atoms with van der Waals surface area (Å²) in [5.41, 5.74) is 3.36. The van der Waals surface area contributed by atoms with Gasteiger partial charge < -0.3 is 19.5 Å². The van der Waals surface area contributed by atoms with Gasteiger partial charge in [-0.3, -0.25) is 4.79 Å². The van der Waals surface area contributed by atoms with E-state index in [-0.39, 0.29) is 11.7 Å². The van der Waals surface area contributed by atoms with Crippen LogP contribution in [0.15, 0.2) is 109 Å². The number of carbonyl (C=O) groups is 1. The molecule has 230 valence electrons. The zero-order chi connectivity index (χ0) is 30.9. The Kier molecular flexibility index (Phi) is 7.98. The number of para-hydroxylation sites is 3.